The Balaban J connectivity index is 2.41. The van der Waals surface area contributed by atoms with E-state index in [1.165, 1.54) is 0 Å². The monoisotopic (exact) mass is 281 g/mol. The summed E-state index contributed by atoms with van der Waals surface area (Å²) in [5.41, 5.74) is 1.29. The summed E-state index contributed by atoms with van der Waals surface area (Å²) in [4.78, 5) is 3.91. The normalized spacial score (nSPS) is 12.4. The van der Waals surface area contributed by atoms with Gasteiger partial charge in [-0.25, -0.2) is 4.98 Å². The van der Waals surface area contributed by atoms with Gasteiger partial charge in [0.05, 0.1) is 13.3 Å². The topological polar surface area (TPSA) is 60.2 Å². The Morgan fingerprint density at radius 3 is 2.95 bits per heavy atom. The molecule has 0 fully saturated rings. The minimum Gasteiger partial charge on any atom is -0.493 e. The second kappa shape index (κ2) is 6.04. The SMILES string of the molecule is CCCn1ncc(OC)c1C(O)c1ccnc(Cl)c1. The van der Waals surface area contributed by atoms with Crippen molar-refractivity contribution in [2.24, 2.45) is 0 Å². The summed E-state index contributed by atoms with van der Waals surface area (Å²) >= 11 is 5.85. The van der Waals surface area contributed by atoms with Crippen molar-refractivity contribution in [1.29, 1.82) is 0 Å². The quantitative estimate of drug-likeness (QED) is 0.855. The Morgan fingerprint density at radius 2 is 2.32 bits per heavy atom. The van der Waals surface area contributed by atoms with Crippen LogP contribution >= 0.6 is 11.6 Å². The van der Waals surface area contributed by atoms with Gasteiger partial charge >= 0.3 is 0 Å². The molecule has 6 heteroatoms. The van der Waals surface area contributed by atoms with E-state index in [0.717, 1.165) is 6.42 Å². The van der Waals surface area contributed by atoms with E-state index in [1.807, 2.05) is 6.92 Å². The molecule has 2 aromatic rings. The molecule has 0 aliphatic rings. The van der Waals surface area contributed by atoms with Gasteiger partial charge in [-0.1, -0.05) is 18.5 Å². The lowest BCUT2D eigenvalue weighted by Crippen LogP contribution is -2.11. The highest BCUT2D eigenvalue weighted by Crippen LogP contribution is 2.30. The summed E-state index contributed by atoms with van der Waals surface area (Å²) in [6.07, 6.45) is 3.25. The number of aliphatic hydroxyl groups excluding tert-OH is 1. The van der Waals surface area contributed by atoms with Crippen LogP contribution in [0.4, 0.5) is 0 Å². The lowest BCUT2D eigenvalue weighted by molar-refractivity contribution is 0.202. The van der Waals surface area contributed by atoms with Gasteiger partial charge in [-0.2, -0.15) is 5.10 Å². The average molecular weight is 282 g/mol. The number of hydrogen-bond acceptors (Lipinski definition) is 4. The van der Waals surface area contributed by atoms with Gasteiger partial charge in [-0.15, -0.1) is 0 Å². The molecule has 0 aromatic carbocycles. The van der Waals surface area contributed by atoms with Crippen molar-refractivity contribution >= 4 is 11.6 Å². The molecule has 1 atom stereocenters. The molecule has 19 heavy (non-hydrogen) atoms. The first kappa shape index (κ1) is 13.8. The largest absolute Gasteiger partial charge is 0.493 e. The van der Waals surface area contributed by atoms with Crippen LogP contribution < -0.4 is 4.74 Å². The maximum Gasteiger partial charge on any atom is 0.163 e. The fraction of sp³-hybridized carbons (Fsp3) is 0.385. The lowest BCUT2D eigenvalue weighted by Gasteiger charge is -2.15. The van der Waals surface area contributed by atoms with Gasteiger partial charge in [0.1, 0.15) is 17.0 Å². The summed E-state index contributed by atoms with van der Waals surface area (Å²) in [5, 5.41) is 15.1. The molecule has 5 nitrogen and oxygen atoms in total. The smallest absolute Gasteiger partial charge is 0.163 e. The van der Waals surface area contributed by atoms with Gasteiger partial charge in [0.15, 0.2) is 5.75 Å². The number of ether oxygens (including phenoxy) is 1. The van der Waals surface area contributed by atoms with E-state index in [1.54, 1.807) is 36.3 Å². The number of nitrogens with zero attached hydrogens (tertiary/aromatic N) is 3. The van der Waals surface area contributed by atoms with Crippen LogP contribution in [0, 0.1) is 0 Å². The predicted molar refractivity (Wildman–Crippen MR) is 72.4 cm³/mol. The number of halogens is 1. The molecule has 0 aliphatic carbocycles. The third-order valence-corrected chi connectivity index (χ3v) is 3.03. The van der Waals surface area contributed by atoms with E-state index in [9.17, 15) is 5.11 Å². The van der Waals surface area contributed by atoms with Gasteiger partial charge in [0.25, 0.3) is 0 Å². The van der Waals surface area contributed by atoms with E-state index in [4.69, 9.17) is 16.3 Å². The summed E-state index contributed by atoms with van der Waals surface area (Å²) in [5.74, 6) is 0.564. The first-order valence-electron chi connectivity index (χ1n) is 6.06. The fourth-order valence-electron chi connectivity index (χ4n) is 1.95. The van der Waals surface area contributed by atoms with Crippen molar-refractivity contribution < 1.29 is 9.84 Å². The second-order valence-electron chi connectivity index (χ2n) is 4.14. The molecule has 0 amide bonds. The van der Waals surface area contributed by atoms with Crippen LogP contribution in [0.5, 0.6) is 5.75 Å². The second-order valence-corrected chi connectivity index (χ2v) is 4.52. The predicted octanol–water partition coefficient (Wildman–Crippen LogP) is 2.43. The van der Waals surface area contributed by atoms with Crippen molar-refractivity contribution in [2.45, 2.75) is 26.0 Å². The van der Waals surface area contributed by atoms with Crippen LogP contribution in [0.15, 0.2) is 24.5 Å². The molecule has 102 valence electrons. The number of aryl methyl sites for hydroxylation is 1. The molecule has 2 heterocycles. The van der Waals surface area contributed by atoms with Gasteiger partial charge in [0, 0.05) is 12.7 Å². The summed E-state index contributed by atoms with van der Waals surface area (Å²) in [7, 11) is 1.56. The first-order chi connectivity index (χ1) is 9.17. The molecule has 0 saturated heterocycles. The van der Waals surface area contributed by atoms with Crippen LogP contribution in [0.2, 0.25) is 5.15 Å². The summed E-state index contributed by atoms with van der Waals surface area (Å²) in [6.45, 7) is 2.77. The number of methoxy groups -OCH3 is 1. The molecule has 2 rings (SSSR count). The van der Waals surface area contributed by atoms with Crippen LogP contribution in [0.1, 0.15) is 30.7 Å². The zero-order valence-electron chi connectivity index (χ0n) is 10.9. The minimum atomic E-state index is -0.843. The van der Waals surface area contributed by atoms with Gasteiger partial charge in [-0.3, -0.25) is 4.68 Å². The number of aromatic nitrogens is 3. The zero-order valence-corrected chi connectivity index (χ0v) is 11.6. The Labute approximate surface area is 116 Å². The summed E-state index contributed by atoms with van der Waals surface area (Å²) < 4.78 is 7.00. The van der Waals surface area contributed by atoms with E-state index < -0.39 is 6.10 Å². The van der Waals surface area contributed by atoms with E-state index in [0.29, 0.717) is 28.7 Å². The van der Waals surface area contributed by atoms with Crippen molar-refractivity contribution in [3.63, 3.8) is 0 Å². The number of pyridine rings is 1. The zero-order chi connectivity index (χ0) is 13.8. The van der Waals surface area contributed by atoms with Crippen molar-refractivity contribution in [2.75, 3.05) is 7.11 Å². The third-order valence-electron chi connectivity index (χ3n) is 2.83. The molecule has 0 bridgehead atoms. The molecule has 0 spiro atoms. The molecule has 0 saturated carbocycles. The molecule has 2 aromatic heterocycles. The Bertz CT molecular complexity index is 557. The molecule has 1 N–H and O–H groups in total. The van der Waals surface area contributed by atoms with E-state index in [2.05, 4.69) is 10.1 Å². The van der Waals surface area contributed by atoms with E-state index in [-0.39, 0.29) is 0 Å². The molecule has 0 radical (unpaired) electrons. The first-order valence-corrected chi connectivity index (χ1v) is 6.44. The van der Waals surface area contributed by atoms with Crippen molar-refractivity contribution in [3.05, 3.63) is 40.9 Å². The van der Waals surface area contributed by atoms with Crippen LogP contribution in [0.3, 0.4) is 0 Å². The van der Waals surface area contributed by atoms with Crippen molar-refractivity contribution in [3.8, 4) is 5.75 Å². The maximum absolute atomic E-state index is 10.5. The van der Waals surface area contributed by atoms with Gasteiger partial charge in [-0.05, 0) is 24.1 Å². The van der Waals surface area contributed by atoms with Crippen molar-refractivity contribution in [1.82, 2.24) is 14.8 Å². The Hall–Kier alpha value is -1.59. The third kappa shape index (κ3) is 2.88. The fourth-order valence-corrected chi connectivity index (χ4v) is 2.13. The molecule has 1 unspecified atom stereocenters. The highest BCUT2D eigenvalue weighted by Gasteiger charge is 2.21. The van der Waals surface area contributed by atoms with Gasteiger partial charge in [0.2, 0.25) is 0 Å². The summed E-state index contributed by atoms with van der Waals surface area (Å²) in [6, 6.07) is 3.36. The standard InChI is InChI=1S/C13H16ClN3O2/c1-3-6-17-12(10(19-2)8-16-17)13(18)9-4-5-15-11(14)7-9/h4-5,7-8,13,18H,3,6H2,1-2H3. The molecular weight excluding hydrogens is 266 g/mol. The number of hydrogen-bond donors (Lipinski definition) is 1. The van der Waals surface area contributed by atoms with Gasteiger partial charge < -0.3 is 9.84 Å². The van der Waals surface area contributed by atoms with E-state index >= 15 is 0 Å². The Kier molecular flexibility index (Phi) is 4.39. The Morgan fingerprint density at radius 1 is 1.53 bits per heavy atom. The average Bonchev–Trinajstić information content (AvgIpc) is 2.81. The molecular formula is C13H16ClN3O2. The van der Waals surface area contributed by atoms with Crippen LogP contribution in [-0.2, 0) is 6.54 Å². The van der Waals surface area contributed by atoms with Crippen LogP contribution in [0.25, 0.3) is 0 Å². The van der Waals surface area contributed by atoms with Crippen LogP contribution in [-0.4, -0.2) is 27.0 Å². The lowest BCUT2D eigenvalue weighted by atomic mass is 10.1. The number of rotatable bonds is 5. The molecule has 0 aliphatic heterocycles. The number of aliphatic hydroxyl groups is 1. The highest BCUT2D eigenvalue weighted by atomic mass is 35.5. The highest BCUT2D eigenvalue weighted by molar-refractivity contribution is 6.29. The minimum absolute atomic E-state index is 0.345. The maximum atomic E-state index is 10.5.